The minimum absolute atomic E-state index is 0.845. The van der Waals surface area contributed by atoms with E-state index in [1.807, 2.05) is 30.3 Å². The molecule has 0 aliphatic carbocycles. The van der Waals surface area contributed by atoms with Crippen molar-refractivity contribution in [2.24, 2.45) is 11.5 Å². The second-order valence-corrected chi connectivity index (χ2v) is 3.16. The van der Waals surface area contributed by atoms with Crippen molar-refractivity contribution in [3.63, 3.8) is 0 Å². The van der Waals surface area contributed by atoms with Gasteiger partial charge in [0, 0.05) is 18.0 Å². The van der Waals surface area contributed by atoms with Crippen LogP contribution in [0.2, 0.25) is 0 Å². The molecule has 4 nitrogen and oxygen atoms in total. The van der Waals surface area contributed by atoms with E-state index < -0.39 is 5.79 Å². The lowest BCUT2D eigenvalue weighted by atomic mass is 10.1. The number of imidazole rings is 1. The fourth-order valence-corrected chi connectivity index (χ4v) is 1.33. The molecule has 14 heavy (non-hydrogen) atoms. The zero-order valence-electron chi connectivity index (χ0n) is 7.67. The molecule has 72 valence electrons. The first kappa shape index (κ1) is 8.93. The molecule has 4 N–H and O–H groups in total. The first-order valence-corrected chi connectivity index (χ1v) is 4.33. The molecule has 0 fully saturated rings. The summed E-state index contributed by atoms with van der Waals surface area (Å²) >= 11 is 0. The third-order valence-electron chi connectivity index (χ3n) is 2.17. The van der Waals surface area contributed by atoms with E-state index in [-0.39, 0.29) is 0 Å². The predicted octanol–water partition coefficient (Wildman–Crippen LogP) is 0.459. The molecule has 0 radical (unpaired) electrons. The topological polar surface area (TPSA) is 69.9 Å². The van der Waals surface area contributed by atoms with Crippen LogP contribution in [0.25, 0.3) is 0 Å². The minimum atomic E-state index is -1.03. The van der Waals surface area contributed by atoms with Gasteiger partial charge in [-0.15, -0.1) is 0 Å². The molecule has 0 aliphatic heterocycles. The third-order valence-corrected chi connectivity index (χ3v) is 2.17. The van der Waals surface area contributed by atoms with Gasteiger partial charge < -0.3 is 4.57 Å². The van der Waals surface area contributed by atoms with Gasteiger partial charge >= 0.3 is 0 Å². The quantitative estimate of drug-likeness (QED) is 0.672. The number of aromatic nitrogens is 2. The average molecular weight is 188 g/mol. The summed E-state index contributed by atoms with van der Waals surface area (Å²) in [5.74, 6) is -1.03. The number of rotatable bonds is 2. The van der Waals surface area contributed by atoms with E-state index in [1.54, 1.807) is 23.3 Å². The summed E-state index contributed by atoms with van der Waals surface area (Å²) in [6, 6.07) is 9.51. The van der Waals surface area contributed by atoms with Gasteiger partial charge in [0.15, 0.2) is 5.79 Å². The molecule has 1 heterocycles. The SMILES string of the molecule is NC(N)(c1ccccc1)n1ccnc1. The van der Waals surface area contributed by atoms with Gasteiger partial charge in [-0.05, 0) is 0 Å². The number of benzene rings is 1. The summed E-state index contributed by atoms with van der Waals surface area (Å²) in [6.07, 6.45) is 5.00. The molecule has 1 aromatic carbocycles. The van der Waals surface area contributed by atoms with Gasteiger partial charge in [-0.2, -0.15) is 0 Å². The van der Waals surface area contributed by atoms with Crippen LogP contribution in [0.1, 0.15) is 5.56 Å². The van der Waals surface area contributed by atoms with Gasteiger partial charge in [-0.25, -0.2) is 4.98 Å². The first-order valence-electron chi connectivity index (χ1n) is 4.33. The van der Waals surface area contributed by atoms with Gasteiger partial charge in [0.25, 0.3) is 0 Å². The Hall–Kier alpha value is -1.65. The fraction of sp³-hybridized carbons (Fsp3) is 0.100. The molecule has 0 amide bonds. The molecule has 0 spiro atoms. The number of nitrogens with two attached hydrogens (primary N) is 2. The Morgan fingerprint density at radius 3 is 2.43 bits per heavy atom. The van der Waals surface area contributed by atoms with Crippen LogP contribution < -0.4 is 11.5 Å². The molecular formula is C10H12N4. The second kappa shape index (κ2) is 3.25. The Labute approximate surface area is 82.2 Å². The van der Waals surface area contributed by atoms with Gasteiger partial charge in [0.05, 0.1) is 6.33 Å². The van der Waals surface area contributed by atoms with Crippen LogP contribution in [0, 0.1) is 0 Å². The van der Waals surface area contributed by atoms with Crippen molar-refractivity contribution < 1.29 is 0 Å². The summed E-state index contributed by atoms with van der Waals surface area (Å²) in [7, 11) is 0. The molecule has 2 aromatic rings. The van der Waals surface area contributed by atoms with Crippen molar-refractivity contribution in [2.45, 2.75) is 5.79 Å². The van der Waals surface area contributed by atoms with E-state index in [2.05, 4.69) is 4.98 Å². The summed E-state index contributed by atoms with van der Waals surface area (Å²) in [5.41, 5.74) is 12.9. The minimum Gasteiger partial charge on any atom is -0.302 e. The van der Waals surface area contributed by atoms with Crippen molar-refractivity contribution in [3.05, 3.63) is 54.6 Å². The molecule has 0 saturated heterocycles. The van der Waals surface area contributed by atoms with Crippen LogP contribution in [0.3, 0.4) is 0 Å². The molecule has 2 rings (SSSR count). The van der Waals surface area contributed by atoms with Gasteiger partial charge in [0.2, 0.25) is 0 Å². The van der Waals surface area contributed by atoms with Crippen LogP contribution in [0.15, 0.2) is 49.1 Å². The maximum Gasteiger partial charge on any atom is 0.172 e. The van der Waals surface area contributed by atoms with E-state index in [0.29, 0.717) is 0 Å². The van der Waals surface area contributed by atoms with E-state index in [4.69, 9.17) is 11.5 Å². The zero-order chi connectivity index (χ0) is 10.0. The van der Waals surface area contributed by atoms with Crippen LogP contribution in [-0.2, 0) is 5.79 Å². The van der Waals surface area contributed by atoms with Gasteiger partial charge in [-0.1, -0.05) is 30.3 Å². The molecule has 4 heteroatoms. The van der Waals surface area contributed by atoms with Crippen LogP contribution >= 0.6 is 0 Å². The first-order chi connectivity index (χ1) is 6.71. The number of hydrogen-bond donors (Lipinski definition) is 2. The van der Waals surface area contributed by atoms with Gasteiger partial charge in [-0.3, -0.25) is 11.5 Å². The third kappa shape index (κ3) is 1.41. The zero-order valence-corrected chi connectivity index (χ0v) is 7.67. The monoisotopic (exact) mass is 188 g/mol. The highest BCUT2D eigenvalue weighted by Crippen LogP contribution is 2.13. The Kier molecular flexibility index (Phi) is 2.07. The molecular weight excluding hydrogens is 176 g/mol. The highest BCUT2D eigenvalue weighted by atomic mass is 15.3. The summed E-state index contributed by atoms with van der Waals surface area (Å²) in [6.45, 7) is 0. The molecule has 0 saturated carbocycles. The Bertz CT molecular complexity index is 391. The lowest BCUT2D eigenvalue weighted by Crippen LogP contribution is -2.51. The lowest BCUT2D eigenvalue weighted by Gasteiger charge is -2.26. The fourth-order valence-electron chi connectivity index (χ4n) is 1.33. The van der Waals surface area contributed by atoms with Crippen molar-refractivity contribution in [1.82, 2.24) is 9.55 Å². The van der Waals surface area contributed by atoms with Crippen LogP contribution in [0.4, 0.5) is 0 Å². The van der Waals surface area contributed by atoms with Crippen molar-refractivity contribution in [1.29, 1.82) is 0 Å². The van der Waals surface area contributed by atoms with E-state index >= 15 is 0 Å². The van der Waals surface area contributed by atoms with Crippen molar-refractivity contribution in [3.8, 4) is 0 Å². The van der Waals surface area contributed by atoms with E-state index in [9.17, 15) is 0 Å². The average Bonchev–Trinajstić information content (AvgIpc) is 2.72. The second-order valence-electron chi connectivity index (χ2n) is 3.16. The molecule has 1 aromatic heterocycles. The lowest BCUT2D eigenvalue weighted by molar-refractivity contribution is 0.384. The van der Waals surface area contributed by atoms with E-state index in [0.717, 1.165) is 5.56 Å². The summed E-state index contributed by atoms with van der Waals surface area (Å²) in [4.78, 5) is 3.92. The normalized spacial score (nSPS) is 11.6. The maximum atomic E-state index is 6.00. The highest BCUT2D eigenvalue weighted by molar-refractivity contribution is 5.22. The Balaban J connectivity index is 2.43. The maximum absolute atomic E-state index is 6.00. The predicted molar refractivity (Wildman–Crippen MR) is 54.1 cm³/mol. The Morgan fingerprint density at radius 1 is 1.14 bits per heavy atom. The van der Waals surface area contributed by atoms with E-state index in [1.165, 1.54) is 0 Å². The molecule has 0 aliphatic rings. The van der Waals surface area contributed by atoms with Gasteiger partial charge in [0.1, 0.15) is 0 Å². The van der Waals surface area contributed by atoms with Crippen LogP contribution in [-0.4, -0.2) is 9.55 Å². The molecule has 0 bridgehead atoms. The number of hydrogen-bond acceptors (Lipinski definition) is 3. The van der Waals surface area contributed by atoms with Crippen molar-refractivity contribution in [2.75, 3.05) is 0 Å². The standard InChI is InChI=1S/C10H12N4/c11-10(12,14-7-6-13-8-14)9-4-2-1-3-5-9/h1-8H,11-12H2. The Morgan fingerprint density at radius 2 is 1.86 bits per heavy atom. The number of nitrogens with zero attached hydrogens (tertiary/aromatic N) is 2. The van der Waals surface area contributed by atoms with Crippen LogP contribution in [0.5, 0.6) is 0 Å². The largest absolute Gasteiger partial charge is 0.302 e. The molecule has 0 unspecified atom stereocenters. The highest BCUT2D eigenvalue weighted by Gasteiger charge is 2.22. The smallest absolute Gasteiger partial charge is 0.172 e. The van der Waals surface area contributed by atoms with Crippen molar-refractivity contribution >= 4 is 0 Å². The summed E-state index contributed by atoms with van der Waals surface area (Å²) < 4.78 is 1.67. The summed E-state index contributed by atoms with van der Waals surface area (Å²) in [5, 5.41) is 0. The molecule has 0 atom stereocenters.